The van der Waals surface area contributed by atoms with Crippen molar-refractivity contribution >= 4 is 17.5 Å². The van der Waals surface area contributed by atoms with Crippen molar-refractivity contribution in [3.05, 3.63) is 48.4 Å². The van der Waals surface area contributed by atoms with Crippen molar-refractivity contribution in [3.8, 4) is 22.6 Å². The van der Waals surface area contributed by atoms with Gasteiger partial charge in [-0.1, -0.05) is 17.3 Å². The number of carbonyl (C=O) groups excluding carboxylic acids is 1. The number of nitrogens with zero attached hydrogens (tertiary/aromatic N) is 5. The van der Waals surface area contributed by atoms with Crippen molar-refractivity contribution in [3.63, 3.8) is 0 Å². The van der Waals surface area contributed by atoms with Crippen LogP contribution in [0.25, 0.3) is 28.2 Å². The molecule has 1 amide bonds. The van der Waals surface area contributed by atoms with E-state index in [-0.39, 0.29) is 11.9 Å². The standard InChI is InChI=1S/C17H14N6O2/c1-10-18-16(25-22-10)13-5-3-4-12(8-13)14-6-7-15-20-17(19-11(2)24)21-23(15)9-14/h3-9H,1-2H3,(H,19,21,24). The van der Waals surface area contributed by atoms with E-state index in [0.29, 0.717) is 17.4 Å². The van der Waals surface area contributed by atoms with Gasteiger partial charge in [0, 0.05) is 24.2 Å². The predicted molar refractivity (Wildman–Crippen MR) is 90.8 cm³/mol. The fourth-order valence-corrected chi connectivity index (χ4v) is 2.51. The SMILES string of the molecule is CC(=O)Nc1nc2ccc(-c3cccc(-c4nc(C)no4)c3)cn2n1. The number of hydrogen-bond acceptors (Lipinski definition) is 6. The van der Waals surface area contributed by atoms with Crippen LogP contribution < -0.4 is 5.32 Å². The Bertz CT molecular complexity index is 1080. The van der Waals surface area contributed by atoms with Crippen LogP contribution >= 0.6 is 0 Å². The van der Waals surface area contributed by atoms with Gasteiger partial charge in [0.2, 0.25) is 11.9 Å². The molecule has 124 valence electrons. The summed E-state index contributed by atoms with van der Waals surface area (Å²) in [6.07, 6.45) is 1.85. The molecule has 25 heavy (non-hydrogen) atoms. The number of aryl methyl sites for hydroxylation is 1. The molecule has 0 saturated heterocycles. The summed E-state index contributed by atoms with van der Waals surface area (Å²) in [5.41, 5.74) is 3.42. The van der Waals surface area contributed by atoms with Gasteiger partial charge in [-0.3, -0.25) is 10.1 Å². The maximum Gasteiger partial charge on any atom is 0.257 e. The molecule has 4 aromatic rings. The first-order valence-electron chi connectivity index (χ1n) is 7.63. The number of carbonyl (C=O) groups is 1. The Morgan fingerprint density at radius 3 is 2.72 bits per heavy atom. The summed E-state index contributed by atoms with van der Waals surface area (Å²) < 4.78 is 6.85. The second kappa shape index (κ2) is 5.82. The number of amides is 1. The topological polar surface area (TPSA) is 98.2 Å². The molecule has 0 aliphatic heterocycles. The maximum atomic E-state index is 11.1. The van der Waals surface area contributed by atoms with Crippen LogP contribution in [0.1, 0.15) is 12.7 Å². The molecule has 0 aliphatic carbocycles. The summed E-state index contributed by atoms with van der Waals surface area (Å²) in [6, 6.07) is 11.6. The van der Waals surface area contributed by atoms with Crippen LogP contribution in [-0.2, 0) is 4.79 Å². The van der Waals surface area contributed by atoms with Crippen molar-refractivity contribution in [2.75, 3.05) is 5.32 Å². The van der Waals surface area contributed by atoms with E-state index in [9.17, 15) is 4.79 Å². The summed E-state index contributed by atoms with van der Waals surface area (Å²) >= 11 is 0. The molecular weight excluding hydrogens is 320 g/mol. The van der Waals surface area contributed by atoms with Crippen LogP contribution in [-0.4, -0.2) is 30.6 Å². The maximum absolute atomic E-state index is 11.1. The molecule has 0 spiro atoms. The summed E-state index contributed by atoms with van der Waals surface area (Å²) in [5.74, 6) is 1.14. The van der Waals surface area contributed by atoms with Gasteiger partial charge in [-0.25, -0.2) is 4.52 Å². The third-order valence-electron chi connectivity index (χ3n) is 3.59. The highest BCUT2D eigenvalue weighted by atomic mass is 16.5. The lowest BCUT2D eigenvalue weighted by molar-refractivity contribution is -0.114. The number of hydrogen-bond donors (Lipinski definition) is 1. The van der Waals surface area contributed by atoms with Crippen molar-refractivity contribution in [1.82, 2.24) is 24.7 Å². The third kappa shape index (κ3) is 2.97. The van der Waals surface area contributed by atoms with Crippen molar-refractivity contribution in [2.45, 2.75) is 13.8 Å². The normalized spacial score (nSPS) is 11.0. The molecule has 1 aromatic carbocycles. The fourth-order valence-electron chi connectivity index (χ4n) is 2.51. The molecule has 8 nitrogen and oxygen atoms in total. The molecule has 0 unspecified atom stereocenters. The van der Waals surface area contributed by atoms with E-state index in [2.05, 4.69) is 25.5 Å². The van der Waals surface area contributed by atoms with Crippen LogP contribution in [0.4, 0.5) is 5.95 Å². The monoisotopic (exact) mass is 334 g/mol. The number of fused-ring (bicyclic) bond motifs is 1. The second-order valence-corrected chi connectivity index (χ2v) is 5.56. The van der Waals surface area contributed by atoms with Crippen molar-refractivity contribution in [1.29, 1.82) is 0 Å². The molecule has 3 aromatic heterocycles. The van der Waals surface area contributed by atoms with Crippen LogP contribution in [0.15, 0.2) is 47.1 Å². The molecule has 0 atom stereocenters. The number of rotatable bonds is 3. The third-order valence-corrected chi connectivity index (χ3v) is 3.59. The first-order valence-corrected chi connectivity index (χ1v) is 7.63. The molecular formula is C17H14N6O2. The van der Waals surface area contributed by atoms with Gasteiger partial charge in [0.25, 0.3) is 5.89 Å². The highest BCUT2D eigenvalue weighted by molar-refractivity contribution is 5.86. The summed E-state index contributed by atoms with van der Waals surface area (Å²) in [6.45, 7) is 3.20. The molecule has 3 heterocycles. The Morgan fingerprint density at radius 1 is 1.12 bits per heavy atom. The van der Waals surface area contributed by atoms with Gasteiger partial charge in [0.15, 0.2) is 11.5 Å². The number of nitrogens with one attached hydrogen (secondary N) is 1. The van der Waals surface area contributed by atoms with E-state index in [1.54, 1.807) is 11.4 Å². The Hall–Kier alpha value is -3.55. The van der Waals surface area contributed by atoms with E-state index >= 15 is 0 Å². The van der Waals surface area contributed by atoms with Gasteiger partial charge in [0.05, 0.1) is 0 Å². The van der Waals surface area contributed by atoms with Gasteiger partial charge < -0.3 is 4.52 Å². The van der Waals surface area contributed by atoms with E-state index in [0.717, 1.165) is 16.7 Å². The van der Waals surface area contributed by atoms with Crippen molar-refractivity contribution < 1.29 is 9.32 Å². The highest BCUT2D eigenvalue weighted by Gasteiger charge is 2.09. The predicted octanol–water partition coefficient (Wildman–Crippen LogP) is 2.71. The Kier molecular flexibility index (Phi) is 3.50. The van der Waals surface area contributed by atoms with Gasteiger partial charge >= 0.3 is 0 Å². The van der Waals surface area contributed by atoms with Crippen LogP contribution in [0.5, 0.6) is 0 Å². The minimum absolute atomic E-state index is 0.210. The minimum atomic E-state index is -0.210. The van der Waals surface area contributed by atoms with Crippen LogP contribution in [0, 0.1) is 6.92 Å². The lowest BCUT2D eigenvalue weighted by atomic mass is 10.0. The molecule has 8 heteroatoms. The first-order chi connectivity index (χ1) is 12.1. The molecule has 0 fully saturated rings. The molecule has 0 saturated carbocycles. The smallest absolute Gasteiger partial charge is 0.257 e. The Labute approximate surface area is 142 Å². The second-order valence-electron chi connectivity index (χ2n) is 5.56. The Balaban J connectivity index is 1.72. The van der Waals surface area contributed by atoms with Crippen molar-refractivity contribution in [2.24, 2.45) is 0 Å². The minimum Gasteiger partial charge on any atom is -0.334 e. The molecule has 4 rings (SSSR count). The zero-order valence-corrected chi connectivity index (χ0v) is 13.6. The largest absolute Gasteiger partial charge is 0.334 e. The van der Waals surface area contributed by atoms with E-state index in [1.807, 2.05) is 42.6 Å². The molecule has 0 aliphatic rings. The summed E-state index contributed by atoms with van der Waals surface area (Å²) in [5, 5.41) is 10.7. The zero-order valence-electron chi connectivity index (χ0n) is 13.6. The van der Waals surface area contributed by atoms with E-state index in [1.165, 1.54) is 6.92 Å². The zero-order chi connectivity index (χ0) is 17.4. The lowest BCUT2D eigenvalue weighted by Gasteiger charge is -2.03. The molecule has 0 bridgehead atoms. The molecule has 1 N–H and O–H groups in total. The summed E-state index contributed by atoms with van der Waals surface area (Å²) in [7, 11) is 0. The highest BCUT2D eigenvalue weighted by Crippen LogP contribution is 2.25. The number of pyridine rings is 1. The lowest BCUT2D eigenvalue weighted by Crippen LogP contribution is -2.07. The number of benzene rings is 1. The van der Waals surface area contributed by atoms with Gasteiger partial charge in [0.1, 0.15) is 0 Å². The van der Waals surface area contributed by atoms with Gasteiger partial charge in [-0.2, -0.15) is 9.97 Å². The van der Waals surface area contributed by atoms with Gasteiger partial charge in [-0.15, -0.1) is 5.10 Å². The van der Waals surface area contributed by atoms with E-state index < -0.39 is 0 Å². The fraction of sp³-hybridized carbons (Fsp3) is 0.118. The number of aromatic nitrogens is 5. The van der Waals surface area contributed by atoms with Gasteiger partial charge in [-0.05, 0) is 36.8 Å². The van der Waals surface area contributed by atoms with E-state index in [4.69, 9.17) is 4.52 Å². The summed E-state index contributed by atoms with van der Waals surface area (Å²) in [4.78, 5) is 19.6. The quantitative estimate of drug-likeness (QED) is 0.618. The average molecular weight is 334 g/mol. The van der Waals surface area contributed by atoms with Crippen LogP contribution in [0.3, 0.4) is 0 Å². The first kappa shape index (κ1) is 15.0. The average Bonchev–Trinajstić information content (AvgIpc) is 3.19. The molecule has 0 radical (unpaired) electrons. The van der Waals surface area contributed by atoms with Crippen LogP contribution in [0.2, 0.25) is 0 Å². The number of anilines is 1. The Morgan fingerprint density at radius 2 is 1.96 bits per heavy atom.